The summed E-state index contributed by atoms with van der Waals surface area (Å²) in [5.41, 5.74) is -6.28. The Morgan fingerprint density at radius 3 is 1.14 bits per heavy atom. The smallest absolute Gasteiger partial charge is 0.359 e. The number of nitrogens with zero attached hydrogens (tertiary/aromatic N) is 7. The molecule has 4 heterocycles. The zero-order valence-electron chi connectivity index (χ0n) is 67.9. The molecular formula is C71H123N9O26P4. The quantitative estimate of drug-likeness (QED) is 0.0186. The molecule has 0 spiro atoms. The summed E-state index contributed by atoms with van der Waals surface area (Å²) in [5, 5.41) is 28.6. The first-order chi connectivity index (χ1) is 50.4. The van der Waals surface area contributed by atoms with Crippen LogP contribution in [0.3, 0.4) is 0 Å². The van der Waals surface area contributed by atoms with Gasteiger partial charge >= 0.3 is 50.4 Å². The fourth-order valence-electron chi connectivity index (χ4n) is 9.90. The summed E-state index contributed by atoms with van der Waals surface area (Å²) in [6.07, 6.45) is -3.60. The summed E-state index contributed by atoms with van der Waals surface area (Å²) >= 11 is 0. The monoisotopic (exact) mass is 1640 g/mol. The number of rotatable bonds is 37. The van der Waals surface area contributed by atoms with Gasteiger partial charge in [-0.15, -0.1) is 0 Å². The molecule has 4 rings (SSSR count). The number of aliphatic hydroxyl groups is 1. The van der Waals surface area contributed by atoms with E-state index in [-0.39, 0.29) is 32.5 Å². The van der Waals surface area contributed by atoms with Crippen molar-refractivity contribution in [3.05, 3.63) is 90.0 Å². The van der Waals surface area contributed by atoms with Gasteiger partial charge in [0, 0.05) is 86.6 Å². The van der Waals surface area contributed by atoms with Crippen molar-refractivity contribution in [1.29, 1.82) is 10.5 Å². The lowest BCUT2D eigenvalue weighted by molar-refractivity contribution is -0.163. The molecule has 3 N–H and O–H groups in total. The minimum atomic E-state index is -4.36. The highest BCUT2D eigenvalue weighted by Crippen LogP contribution is 2.55. The van der Waals surface area contributed by atoms with Crippen molar-refractivity contribution in [3.8, 4) is 12.1 Å². The molecule has 2 fully saturated rings. The third-order valence-corrected chi connectivity index (χ3v) is 23.2. The first kappa shape index (κ1) is 102. The third-order valence-electron chi connectivity index (χ3n) is 15.1. The molecule has 0 saturated carbocycles. The number of nitriles is 2. The van der Waals surface area contributed by atoms with Crippen LogP contribution < -0.4 is 22.5 Å². The molecule has 2 saturated heterocycles. The number of hydrogen-bond donors (Lipinski definition) is 3. The predicted molar refractivity (Wildman–Crippen MR) is 412 cm³/mol. The van der Waals surface area contributed by atoms with E-state index in [0.29, 0.717) is 37.2 Å². The summed E-state index contributed by atoms with van der Waals surface area (Å²) in [4.78, 5) is 101. The van der Waals surface area contributed by atoms with Crippen molar-refractivity contribution < 1.29 is 103 Å². The van der Waals surface area contributed by atoms with Gasteiger partial charge in [0.15, 0.2) is 20.9 Å². The molecule has 628 valence electrons. The number of hydrogen-bond acceptors (Lipinski definition) is 31. The minimum absolute atomic E-state index is 0. The van der Waals surface area contributed by atoms with Crippen molar-refractivity contribution in [2.45, 2.75) is 272 Å². The van der Waals surface area contributed by atoms with E-state index in [9.17, 15) is 52.6 Å². The van der Waals surface area contributed by atoms with Gasteiger partial charge in [0.25, 0.3) is 19.6 Å². The molecule has 35 nitrogen and oxygen atoms in total. The van der Waals surface area contributed by atoms with E-state index < -0.39 is 176 Å². The summed E-state index contributed by atoms with van der Waals surface area (Å²) in [7, 11) is -8.65. The highest BCUT2D eigenvalue weighted by Gasteiger charge is 2.50. The summed E-state index contributed by atoms with van der Waals surface area (Å²) in [6, 6.07) is 7.99. The van der Waals surface area contributed by atoms with E-state index in [1.807, 2.05) is 38.4 Å². The van der Waals surface area contributed by atoms with Crippen LogP contribution in [-0.2, 0) is 97.9 Å². The number of esters is 4. The molecule has 2 aromatic heterocycles. The fraction of sp³-hybridized carbons (Fsp3) is 0.746. The predicted octanol–water partition coefficient (Wildman–Crippen LogP) is 11.6. The SMILES string of the molecule is C.CC(C)N(C(C)C)P(OCCC#N)N(C(C)C)C(C)C.COC1[C@@H](O)[C@@H](/C=C/P(=O)(OCOC(=O)C(C)(C)C)OCOC(=O)C(C)(C)C)O[C@H]1n1ccc(=O)[nH]c1=O.COC1[C@@H](OP(OCCC#N)N(C(C)C)C(C)C)[C@@H](/C=C/P(=O)(OCOC(=O)C(C)(C)C)OCOC(=O)C(C)(C)C)O[C@H]1n1ccc(=O)[nH]c1=O. The lowest BCUT2D eigenvalue weighted by Crippen LogP contribution is -2.43. The standard InChI is InChI=1S/C32H52N4O13P2.C23H35N2O12P.C15H32N3OP.CH4/c1-21(2)36(22(3)4)50(45-17-12-15-33)49-25-23(48-27(26(25)42-11)35-16-13-24(37)34-30(35)40)14-18-51(41,46-19-43-28(38)31(5,6)7)47-20-44-29(39)32(8,9)10;1-22(2,3)19(28)33-12-35-38(31,36-13-34-20(29)23(4,5)6)11-9-14-16(27)17(32-7)18(37-14)25-10-8-15(26)24-21(25)30;1-12(2)17(13(3)4)20(19-11-9-10-16)18(14(5)6)15(7)8;/h13-14,16,18,21-23,25-27H,12,17,19-20H2,1-11H3,(H,34,37,40);8-11,14,16-18,27H,12-13H2,1-7H3,(H,24,26,30);12-15H,9,11H2,1-8H3;1H4/b18-14+;11-9+;;/t23-,25+,26?,27-,50?;14-,16+,17?,18-;;/m11../s1. The zero-order valence-corrected chi connectivity index (χ0v) is 71.5. The van der Waals surface area contributed by atoms with Crippen molar-refractivity contribution in [2.75, 3.05) is 54.6 Å². The Balaban J connectivity index is 0.000000899. The second kappa shape index (κ2) is 46.7. The summed E-state index contributed by atoms with van der Waals surface area (Å²) in [5.74, 6) is -0.534. The normalized spacial score (nSPS) is 19.7. The summed E-state index contributed by atoms with van der Waals surface area (Å²) < 4.78 is 120. The van der Waals surface area contributed by atoms with Crippen molar-refractivity contribution in [2.24, 2.45) is 21.7 Å². The Kier molecular flexibility index (Phi) is 43.5. The highest BCUT2D eigenvalue weighted by atomic mass is 31.2. The van der Waals surface area contributed by atoms with Crippen molar-refractivity contribution >= 4 is 56.0 Å². The van der Waals surface area contributed by atoms with Crippen molar-refractivity contribution in [3.63, 3.8) is 0 Å². The van der Waals surface area contributed by atoms with Crippen LogP contribution >= 0.6 is 32.2 Å². The third kappa shape index (κ3) is 33.1. The first-order valence-corrected chi connectivity index (χ1v) is 41.0. The molecule has 9 atom stereocenters. The molecule has 2 aliphatic rings. The van der Waals surface area contributed by atoms with Crippen LogP contribution in [0.1, 0.15) is 199 Å². The molecule has 110 heavy (non-hydrogen) atoms. The van der Waals surface area contributed by atoms with Gasteiger partial charge < -0.3 is 56.6 Å². The first-order valence-electron chi connectivity index (χ1n) is 35.5. The van der Waals surface area contributed by atoms with Crippen LogP contribution in [0.25, 0.3) is 0 Å². The maximum Gasteiger partial charge on any atom is 0.359 e. The van der Waals surface area contributed by atoms with Crippen LogP contribution in [0, 0.1) is 44.3 Å². The summed E-state index contributed by atoms with van der Waals surface area (Å²) in [6.45, 7) is 42.5. The molecular weight excluding hydrogens is 1520 g/mol. The molecule has 2 aliphatic heterocycles. The Labute approximate surface area is 650 Å². The Morgan fingerprint density at radius 1 is 0.527 bits per heavy atom. The molecule has 2 aromatic rings. The Bertz CT molecular complexity index is 3570. The molecule has 0 aromatic carbocycles. The van der Waals surface area contributed by atoms with E-state index >= 15 is 0 Å². The number of aromatic nitrogens is 4. The van der Waals surface area contributed by atoms with Crippen LogP contribution in [0.15, 0.2) is 67.5 Å². The average molecular weight is 1640 g/mol. The highest BCUT2D eigenvalue weighted by molar-refractivity contribution is 7.57. The maximum atomic E-state index is 14.0. The van der Waals surface area contributed by atoms with E-state index in [0.717, 1.165) is 39.0 Å². The lowest BCUT2D eigenvalue weighted by atomic mass is 9.98. The van der Waals surface area contributed by atoms with Crippen molar-refractivity contribution in [1.82, 2.24) is 33.1 Å². The second-order valence-electron chi connectivity index (χ2n) is 30.6. The number of aromatic amines is 2. The van der Waals surface area contributed by atoms with Gasteiger partial charge in [-0.2, -0.15) is 10.5 Å². The number of H-pyrrole nitrogens is 2. The largest absolute Gasteiger partial charge is 0.438 e. The second-order valence-corrected chi connectivity index (χ2v) is 37.5. The molecule has 0 bridgehead atoms. The topological polar surface area (TPSA) is 428 Å². The van der Waals surface area contributed by atoms with Gasteiger partial charge in [-0.1, -0.05) is 7.43 Å². The van der Waals surface area contributed by atoms with Crippen LogP contribution in [0.4, 0.5) is 0 Å². The number of nitrogens with one attached hydrogen (secondary N) is 2. The van der Waals surface area contributed by atoms with Crippen LogP contribution in [0.5, 0.6) is 0 Å². The molecule has 39 heteroatoms. The van der Waals surface area contributed by atoms with E-state index in [1.165, 1.54) is 32.7 Å². The number of aliphatic hydroxyl groups excluding tert-OH is 1. The fourth-order valence-corrected chi connectivity index (χ4v) is 16.0. The number of carbonyl (C=O) groups excluding carboxylic acids is 4. The van der Waals surface area contributed by atoms with E-state index in [4.69, 9.17) is 80.1 Å². The van der Waals surface area contributed by atoms with Gasteiger partial charge in [0.05, 0.1) is 59.9 Å². The Morgan fingerprint density at radius 2 is 0.836 bits per heavy atom. The molecule has 0 radical (unpaired) electrons. The Hall–Kier alpha value is -5.58. The van der Waals surface area contributed by atoms with Crippen LogP contribution in [0.2, 0.25) is 0 Å². The molecule has 3 unspecified atom stereocenters. The number of ether oxygens (including phenoxy) is 8. The number of methoxy groups -OCH3 is 2. The zero-order chi connectivity index (χ0) is 83.5. The van der Waals surface area contributed by atoms with Gasteiger partial charge in [-0.05, 0) is 178 Å². The maximum absolute atomic E-state index is 14.0. The molecule has 0 aliphatic carbocycles. The average Bonchev–Trinajstić information content (AvgIpc) is 1.64. The van der Waals surface area contributed by atoms with Gasteiger partial charge in [-0.3, -0.25) is 75.1 Å². The molecule has 0 amide bonds. The lowest BCUT2D eigenvalue weighted by Gasteiger charge is -2.45. The minimum Gasteiger partial charge on any atom is -0.438 e. The van der Waals surface area contributed by atoms with E-state index in [2.05, 4.69) is 80.8 Å². The van der Waals surface area contributed by atoms with Gasteiger partial charge in [0.2, 0.25) is 27.2 Å². The number of carbonyl (C=O) groups is 4. The van der Waals surface area contributed by atoms with E-state index in [1.54, 1.807) is 83.1 Å². The van der Waals surface area contributed by atoms with Crippen LogP contribution in [-0.4, -0.2) is 190 Å². The van der Waals surface area contributed by atoms with Gasteiger partial charge in [0.1, 0.15) is 36.6 Å². The van der Waals surface area contributed by atoms with Gasteiger partial charge in [-0.25, -0.2) is 23.6 Å².